The van der Waals surface area contributed by atoms with Crippen LogP contribution in [0.25, 0.3) is 0 Å². The topological polar surface area (TPSA) is 126 Å². The molecular formula is C20H23Cl2NO9. The fraction of sp³-hybridized carbons (Fsp3) is 0.500. The number of benzene rings is 1. The van der Waals surface area contributed by atoms with Crippen LogP contribution in [0.5, 0.6) is 5.75 Å². The summed E-state index contributed by atoms with van der Waals surface area (Å²) in [5.74, 6) is -2.35. The number of carbonyl (C=O) groups is 4. The molecule has 10 nitrogen and oxygen atoms in total. The lowest BCUT2D eigenvalue weighted by atomic mass is 9.96. The van der Waals surface area contributed by atoms with Crippen LogP contribution in [0.15, 0.2) is 18.2 Å². The van der Waals surface area contributed by atoms with E-state index in [9.17, 15) is 19.2 Å². The molecule has 12 heteroatoms. The van der Waals surface area contributed by atoms with Crippen molar-refractivity contribution in [3.05, 3.63) is 28.2 Å². The summed E-state index contributed by atoms with van der Waals surface area (Å²) in [4.78, 5) is 46.8. The number of rotatable bonds is 7. The van der Waals surface area contributed by atoms with Gasteiger partial charge in [-0.3, -0.25) is 19.2 Å². The van der Waals surface area contributed by atoms with Crippen molar-refractivity contribution in [3.63, 3.8) is 0 Å². The molecule has 0 spiro atoms. The van der Waals surface area contributed by atoms with Crippen LogP contribution in [0.2, 0.25) is 10.0 Å². The number of amides is 1. The zero-order valence-corrected chi connectivity index (χ0v) is 19.3. The first-order valence-electron chi connectivity index (χ1n) is 9.50. The summed E-state index contributed by atoms with van der Waals surface area (Å²) in [6.45, 7) is 4.39. The van der Waals surface area contributed by atoms with Crippen molar-refractivity contribution in [3.8, 4) is 5.75 Å². The van der Waals surface area contributed by atoms with Gasteiger partial charge in [0.25, 0.3) is 0 Å². The second kappa shape index (κ2) is 11.3. The summed E-state index contributed by atoms with van der Waals surface area (Å²) in [6, 6.07) is 3.34. The van der Waals surface area contributed by atoms with Gasteiger partial charge in [-0.05, 0) is 18.2 Å². The Bertz CT molecular complexity index is 879. The van der Waals surface area contributed by atoms with Crippen LogP contribution in [0.3, 0.4) is 0 Å². The van der Waals surface area contributed by atoms with E-state index >= 15 is 0 Å². The maximum absolute atomic E-state index is 11.9. The molecule has 5 atom stereocenters. The van der Waals surface area contributed by atoms with Crippen LogP contribution in [-0.2, 0) is 38.1 Å². The molecule has 1 aliphatic heterocycles. The standard InChI is InChI=1S/C20H23Cl2NO9/c1-9(24)23-17-19(30-12(4)27)18(29-11(3)26)16(8-28-10(2)25)32-20(17)31-15-6-5-13(21)7-14(15)22/h5-7,16-20H,8H2,1-4H3,(H,23,24)/t16-,17-,18+,19+,20-/m0/s1. The van der Waals surface area contributed by atoms with E-state index in [4.69, 9.17) is 46.9 Å². The van der Waals surface area contributed by atoms with Crippen molar-refractivity contribution in [1.29, 1.82) is 0 Å². The van der Waals surface area contributed by atoms with Gasteiger partial charge in [0.2, 0.25) is 12.2 Å². The minimum Gasteiger partial charge on any atom is -0.463 e. The highest BCUT2D eigenvalue weighted by molar-refractivity contribution is 6.35. The summed E-state index contributed by atoms with van der Waals surface area (Å²) in [6.07, 6.45) is -4.80. The number of nitrogens with one attached hydrogen (secondary N) is 1. The van der Waals surface area contributed by atoms with Gasteiger partial charge >= 0.3 is 17.9 Å². The Hall–Kier alpha value is -2.56. The highest BCUT2D eigenvalue weighted by Gasteiger charge is 2.52. The van der Waals surface area contributed by atoms with E-state index in [1.165, 1.54) is 32.0 Å². The number of esters is 3. The van der Waals surface area contributed by atoms with Crippen LogP contribution in [0.1, 0.15) is 27.7 Å². The van der Waals surface area contributed by atoms with Gasteiger partial charge in [-0.2, -0.15) is 0 Å². The lowest BCUT2D eigenvalue weighted by molar-refractivity contribution is -0.257. The molecule has 1 saturated heterocycles. The first-order chi connectivity index (χ1) is 15.0. The van der Waals surface area contributed by atoms with E-state index in [2.05, 4.69) is 5.32 Å². The zero-order valence-electron chi connectivity index (χ0n) is 17.8. The molecule has 1 N–H and O–H groups in total. The highest BCUT2D eigenvalue weighted by Crippen LogP contribution is 2.33. The molecule has 0 radical (unpaired) electrons. The number of carbonyl (C=O) groups excluding carboxylic acids is 4. The van der Waals surface area contributed by atoms with Gasteiger partial charge in [-0.1, -0.05) is 23.2 Å². The summed E-state index contributed by atoms with van der Waals surface area (Å²) in [7, 11) is 0. The molecular weight excluding hydrogens is 469 g/mol. The third-order valence-electron chi connectivity index (χ3n) is 4.21. The third-order valence-corrected chi connectivity index (χ3v) is 4.74. The first-order valence-corrected chi connectivity index (χ1v) is 10.3. The third kappa shape index (κ3) is 7.25. The van der Waals surface area contributed by atoms with Gasteiger partial charge in [0.05, 0.1) is 5.02 Å². The highest BCUT2D eigenvalue weighted by atomic mass is 35.5. The van der Waals surface area contributed by atoms with E-state index in [1.807, 2.05) is 0 Å². The van der Waals surface area contributed by atoms with Crippen LogP contribution in [0.4, 0.5) is 0 Å². The van der Waals surface area contributed by atoms with Gasteiger partial charge in [0.1, 0.15) is 24.5 Å². The quantitative estimate of drug-likeness (QED) is 0.449. The summed E-state index contributed by atoms with van der Waals surface area (Å²) in [5.41, 5.74) is 0. The predicted octanol–water partition coefficient (Wildman–Crippen LogP) is 2.03. The molecule has 2 rings (SSSR count). The summed E-state index contributed by atoms with van der Waals surface area (Å²) in [5, 5.41) is 3.12. The van der Waals surface area contributed by atoms with Crippen molar-refractivity contribution >= 4 is 47.0 Å². The van der Waals surface area contributed by atoms with Crippen molar-refractivity contribution in [2.45, 2.75) is 58.3 Å². The maximum Gasteiger partial charge on any atom is 0.303 e. The smallest absolute Gasteiger partial charge is 0.303 e. The van der Waals surface area contributed by atoms with Crippen LogP contribution in [-0.4, -0.2) is 61.1 Å². The second-order valence-electron chi connectivity index (χ2n) is 6.91. The molecule has 0 saturated carbocycles. The van der Waals surface area contributed by atoms with Crippen LogP contribution >= 0.6 is 23.2 Å². The molecule has 1 heterocycles. The molecule has 0 aliphatic carbocycles. The first kappa shape index (κ1) is 25.7. The number of hydrogen-bond donors (Lipinski definition) is 1. The maximum atomic E-state index is 11.9. The lowest BCUT2D eigenvalue weighted by Gasteiger charge is -2.44. The molecule has 1 aromatic carbocycles. The molecule has 0 bridgehead atoms. The van der Waals surface area contributed by atoms with Gasteiger partial charge in [0, 0.05) is 32.7 Å². The fourth-order valence-corrected chi connectivity index (χ4v) is 3.54. The Labute approximate surface area is 194 Å². The molecule has 0 aromatic heterocycles. The molecule has 1 aromatic rings. The Morgan fingerprint density at radius 2 is 1.59 bits per heavy atom. The molecule has 1 aliphatic rings. The van der Waals surface area contributed by atoms with Crippen molar-refractivity contribution < 1.29 is 42.9 Å². The Morgan fingerprint density at radius 1 is 0.969 bits per heavy atom. The monoisotopic (exact) mass is 491 g/mol. The van der Waals surface area contributed by atoms with E-state index < -0.39 is 54.5 Å². The van der Waals surface area contributed by atoms with Crippen molar-refractivity contribution in [1.82, 2.24) is 5.32 Å². The molecule has 0 unspecified atom stereocenters. The van der Waals surface area contributed by atoms with E-state index in [0.717, 1.165) is 13.8 Å². The SMILES string of the molecule is CC(=O)N[C@@H]1[C@@H](Oc2ccc(Cl)cc2Cl)O[C@@H](COC(C)=O)[C@@H](OC(C)=O)[C@@H]1OC(C)=O. The predicted molar refractivity (Wildman–Crippen MR) is 111 cm³/mol. The largest absolute Gasteiger partial charge is 0.463 e. The summed E-state index contributed by atoms with van der Waals surface area (Å²) < 4.78 is 27.5. The summed E-state index contributed by atoms with van der Waals surface area (Å²) >= 11 is 12.1. The number of ether oxygens (including phenoxy) is 5. The lowest BCUT2D eigenvalue weighted by Crippen LogP contribution is -2.67. The second-order valence-corrected chi connectivity index (χ2v) is 7.76. The van der Waals surface area contributed by atoms with Gasteiger partial charge in [-0.15, -0.1) is 0 Å². The van der Waals surface area contributed by atoms with Crippen LogP contribution < -0.4 is 10.1 Å². The normalized spacial score (nSPS) is 24.8. The van der Waals surface area contributed by atoms with E-state index in [0.29, 0.717) is 5.02 Å². The van der Waals surface area contributed by atoms with Crippen molar-refractivity contribution in [2.75, 3.05) is 6.61 Å². The Balaban J connectivity index is 2.47. The average Bonchev–Trinajstić information content (AvgIpc) is 2.65. The van der Waals surface area contributed by atoms with Gasteiger partial charge < -0.3 is 29.0 Å². The molecule has 32 heavy (non-hydrogen) atoms. The van der Waals surface area contributed by atoms with Crippen LogP contribution in [0, 0.1) is 0 Å². The zero-order chi connectivity index (χ0) is 24.0. The number of halogens is 2. The Kier molecular flexibility index (Phi) is 9.11. The minimum absolute atomic E-state index is 0.158. The average molecular weight is 492 g/mol. The minimum atomic E-state index is -1.27. The van der Waals surface area contributed by atoms with Gasteiger partial charge in [0.15, 0.2) is 12.2 Å². The molecule has 176 valence electrons. The number of hydrogen-bond acceptors (Lipinski definition) is 9. The van der Waals surface area contributed by atoms with Crippen molar-refractivity contribution in [2.24, 2.45) is 0 Å². The van der Waals surface area contributed by atoms with Gasteiger partial charge in [-0.25, -0.2) is 0 Å². The molecule has 1 amide bonds. The Morgan fingerprint density at radius 3 is 2.12 bits per heavy atom. The van der Waals surface area contributed by atoms with E-state index in [1.54, 1.807) is 0 Å². The fourth-order valence-electron chi connectivity index (χ4n) is 3.09. The van der Waals surface area contributed by atoms with E-state index in [-0.39, 0.29) is 17.4 Å². The molecule has 1 fully saturated rings.